The Morgan fingerprint density at radius 3 is 2.12 bits per heavy atom. The molecule has 7 nitrogen and oxygen atoms in total. The molecule has 0 bridgehead atoms. The molecule has 2 aromatic rings. The van der Waals surface area contributed by atoms with Gasteiger partial charge in [0.15, 0.2) is 0 Å². The zero-order valence-corrected chi connectivity index (χ0v) is 18.3. The summed E-state index contributed by atoms with van der Waals surface area (Å²) in [4.78, 5) is 36.6. The fraction of sp³-hybridized carbons (Fsp3) is 0.318. The average molecular weight is 484 g/mol. The van der Waals surface area contributed by atoms with Crippen LogP contribution in [-0.2, 0) is 27.0 Å². The first-order chi connectivity index (χ1) is 15.5. The van der Waals surface area contributed by atoms with Gasteiger partial charge < -0.3 is 21.5 Å². The van der Waals surface area contributed by atoms with E-state index in [4.69, 9.17) is 5.73 Å². The molecule has 2 aromatic carbocycles. The van der Waals surface area contributed by atoms with Crippen molar-refractivity contribution < 1.29 is 32.7 Å². The van der Waals surface area contributed by atoms with E-state index in [1.807, 2.05) is 18.2 Å². The number of aliphatic carboxylic acids is 1. The number of hydrogen-bond acceptors (Lipinski definition) is 5. The van der Waals surface area contributed by atoms with E-state index in [1.165, 1.54) is 0 Å². The third-order valence-corrected chi connectivity index (χ3v) is 5.37. The predicted octanol–water partition coefficient (Wildman–Crippen LogP) is 3.07. The van der Waals surface area contributed by atoms with Crippen LogP contribution in [-0.4, -0.2) is 34.3 Å². The van der Waals surface area contributed by atoms with Crippen molar-refractivity contribution in [1.82, 2.24) is 5.32 Å². The van der Waals surface area contributed by atoms with Gasteiger partial charge in [-0.05, 0) is 36.2 Å². The van der Waals surface area contributed by atoms with Crippen molar-refractivity contribution in [2.24, 2.45) is 11.7 Å². The van der Waals surface area contributed by atoms with E-state index in [2.05, 4.69) is 23.3 Å². The Labute approximate surface area is 194 Å². The molecule has 178 valence electrons. The summed E-state index contributed by atoms with van der Waals surface area (Å²) in [5, 5.41) is 14.9. The SMILES string of the molecule is NC(=O)CC[C@@](NC(=O)C(CS)Cc1ccccc1)(Nc1ccc(C(F)(F)F)cc1)C(=O)O. The molecule has 0 spiro atoms. The first kappa shape index (κ1) is 26.0. The number of thiol groups is 1. The van der Waals surface area contributed by atoms with E-state index in [1.54, 1.807) is 12.1 Å². The second-order valence-electron chi connectivity index (χ2n) is 7.44. The highest BCUT2D eigenvalue weighted by atomic mass is 32.1. The lowest BCUT2D eigenvalue weighted by Gasteiger charge is -2.33. The molecule has 1 unspecified atom stereocenters. The number of carbonyl (C=O) groups excluding carboxylic acids is 2. The topological polar surface area (TPSA) is 122 Å². The number of carbonyl (C=O) groups is 3. The summed E-state index contributed by atoms with van der Waals surface area (Å²) < 4.78 is 38.5. The van der Waals surface area contributed by atoms with Crippen molar-refractivity contribution in [2.45, 2.75) is 31.1 Å². The second-order valence-corrected chi connectivity index (χ2v) is 7.80. The Morgan fingerprint density at radius 1 is 1.03 bits per heavy atom. The molecule has 2 amide bonds. The third kappa shape index (κ3) is 7.41. The molecule has 0 aliphatic carbocycles. The minimum atomic E-state index is -4.57. The van der Waals surface area contributed by atoms with Crippen LogP contribution in [0, 0.1) is 5.92 Å². The van der Waals surface area contributed by atoms with Crippen molar-refractivity contribution in [3.8, 4) is 0 Å². The summed E-state index contributed by atoms with van der Waals surface area (Å²) >= 11 is 4.20. The highest BCUT2D eigenvalue weighted by Crippen LogP contribution is 2.30. The second kappa shape index (κ2) is 11.1. The maximum Gasteiger partial charge on any atom is 0.416 e. The third-order valence-electron chi connectivity index (χ3n) is 4.93. The van der Waals surface area contributed by atoms with Gasteiger partial charge in [-0.1, -0.05) is 30.3 Å². The number of nitrogens with two attached hydrogens (primary N) is 1. The molecule has 0 saturated heterocycles. The molecular formula is C22H24F3N3O4S. The Kier molecular flexibility index (Phi) is 8.75. The Bertz CT molecular complexity index is 971. The average Bonchev–Trinajstić information content (AvgIpc) is 2.76. The number of primary amides is 1. The van der Waals surface area contributed by atoms with Crippen molar-refractivity contribution in [3.05, 3.63) is 65.7 Å². The fourth-order valence-corrected chi connectivity index (χ4v) is 3.42. The molecule has 0 aliphatic rings. The van der Waals surface area contributed by atoms with Crippen molar-refractivity contribution >= 4 is 36.1 Å². The Morgan fingerprint density at radius 2 is 1.64 bits per heavy atom. The molecule has 5 N–H and O–H groups in total. The molecule has 0 fully saturated rings. The number of alkyl halides is 3. The smallest absolute Gasteiger partial charge is 0.416 e. The summed E-state index contributed by atoms with van der Waals surface area (Å²) in [6, 6.07) is 12.6. The van der Waals surface area contributed by atoms with Crippen LogP contribution in [0.1, 0.15) is 24.0 Å². The quantitative estimate of drug-likeness (QED) is 0.248. The Hall–Kier alpha value is -3.21. The number of carboxylic acid groups (broad SMARTS) is 1. The van der Waals surface area contributed by atoms with Gasteiger partial charge in [0.05, 0.1) is 11.5 Å². The number of hydrogen-bond donors (Lipinski definition) is 5. The van der Waals surface area contributed by atoms with Gasteiger partial charge in [-0.2, -0.15) is 25.8 Å². The molecule has 0 saturated carbocycles. The summed E-state index contributed by atoms with van der Waals surface area (Å²) in [6.07, 6.45) is -5.12. The van der Waals surface area contributed by atoms with E-state index in [9.17, 15) is 32.7 Å². The number of carboxylic acids is 1. The first-order valence-corrected chi connectivity index (χ1v) is 10.5. The maximum absolute atomic E-state index is 13.0. The first-order valence-electron chi connectivity index (χ1n) is 9.91. The van der Waals surface area contributed by atoms with Gasteiger partial charge in [0.25, 0.3) is 0 Å². The van der Waals surface area contributed by atoms with Crippen LogP contribution in [0.3, 0.4) is 0 Å². The van der Waals surface area contributed by atoms with Gasteiger partial charge in [-0.25, -0.2) is 4.79 Å². The predicted molar refractivity (Wildman–Crippen MR) is 119 cm³/mol. The number of benzene rings is 2. The van der Waals surface area contributed by atoms with Crippen LogP contribution < -0.4 is 16.4 Å². The van der Waals surface area contributed by atoms with Crippen LogP contribution >= 0.6 is 12.6 Å². The molecule has 11 heteroatoms. The van der Waals surface area contributed by atoms with Crippen molar-refractivity contribution in [1.29, 1.82) is 0 Å². The minimum Gasteiger partial charge on any atom is -0.478 e. The van der Waals surface area contributed by atoms with E-state index in [-0.39, 0.29) is 17.9 Å². The lowest BCUT2D eigenvalue weighted by Crippen LogP contribution is -2.61. The zero-order chi connectivity index (χ0) is 24.6. The molecule has 2 atom stereocenters. The standard InChI is InChI=1S/C22H24F3N3O4S/c23-22(24,25)16-6-8-17(9-7-16)27-21(20(31)32,11-10-18(26)29)28-19(30)15(13-33)12-14-4-2-1-3-5-14/h1-9,15,27,33H,10-13H2,(H2,26,29)(H,28,30)(H,31,32)/t15?,21-/m0/s1. The number of amides is 2. The summed E-state index contributed by atoms with van der Waals surface area (Å²) in [5.41, 5.74) is 2.89. The van der Waals surface area contributed by atoms with Gasteiger partial charge in [0.2, 0.25) is 17.5 Å². The van der Waals surface area contributed by atoms with E-state index >= 15 is 0 Å². The van der Waals surface area contributed by atoms with Crippen LogP contribution in [0.2, 0.25) is 0 Å². The van der Waals surface area contributed by atoms with Crippen LogP contribution in [0.15, 0.2) is 54.6 Å². The molecule has 0 heterocycles. The lowest BCUT2D eigenvalue weighted by molar-refractivity contribution is -0.147. The maximum atomic E-state index is 13.0. The van der Waals surface area contributed by atoms with Crippen LogP contribution in [0.5, 0.6) is 0 Å². The summed E-state index contributed by atoms with van der Waals surface area (Å²) in [6.45, 7) is 0. The van der Waals surface area contributed by atoms with Gasteiger partial charge in [0, 0.05) is 24.3 Å². The van der Waals surface area contributed by atoms with Crippen molar-refractivity contribution in [3.63, 3.8) is 0 Å². The van der Waals surface area contributed by atoms with Crippen LogP contribution in [0.4, 0.5) is 18.9 Å². The molecule has 0 aromatic heterocycles. The van der Waals surface area contributed by atoms with Crippen LogP contribution in [0.25, 0.3) is 0 Å². The van der Waals surface area contributed by atoms with Gasteiger partial charge in [-0.15, -0.1) is 0 Å². The highest BCUT2D eigenvalue weighted by molar-refractivity contribution is 7.80. The number of halogens is 3. The summed E-state index contributed by atoms with van der Waals surface area (Å²) in [5.74, 6) is -3.60. The molecule has 33 heavy (non-hydrogen) atoms. The number of nitrogens with one attached hydrogen (secondary N) is 2. The highest BCUT2D eigenvalue weighted by Gasteiger charge is 2.42. The molecule has 2 rings (SSSR count). The van der Waals surface area contributed by atoms with E-state index in [0.717, 1.165) is 29.8 Å². The molecule has 0 aliphatic heterocycles. The normalized spacial score (nSPS) is 14.1. The largest absolute Gasteiger partial charge is 0.478 e. The van der Waals surface area contributed by atoms with E-state index in [0.29, 0.717) is 0 Å². The lowest BCUT2D eigenvalue weighted by atomic mass is 9.97. The zero-order valence-electron chi connectivity index (χ0n) is 17.4. The van der Waals surface area contributed by atoms with Crippen molar-refractivity contribution in [2.75, 3.05) is 11.1 Å². The summed E-state index contributed by atoms with van der Waals surface area (Å²) in [7, 11) is 0. The minimum absolute atomic E-state index is 0.000605. The van der Waals surface area contributed by atoms with Gasteiger partial charge in [-0.3, -0.25) is 9.59 Å². The molecular weight excluding hydrogens is 459 g/mol. The fourth-order valence-electron chi connectivity index (χ4n) is 3.12. The molecule has 0 radical (unpaired) electrons. The number of anilines is 1. The van der Waals surface area contributed by atoms with Gasteiger partial charge in [0.1, 0.15) is 0 Å². The van der Waals surface area contributed by atoms with E-state index < -0.39 is 53.9 Å². The number of rotatable bonds is 11. The Balaban J connectivity index is 2.32. The monoisotopic (exact) mass is 483 g/mol. The van der Waals surface area contributed by atoms with Gasteiger partial charge >= 0.3 is 12.1 Å².